The standard InChI is InChI=1S/C11H15BrN2O3S/c1-14-5-4-13-11(7-14)17-9-3-2-8(12)6-10(9)18(15)16/h2-3,6,11,13H,4-5,7H2,1H3,(H,15,16). The second-order valence-corrected chi connectivity index (χ2v) is 6.02. The highest BCUT2D eigenvalue weighted by atomic mass is 79.9. The zero-order valence-electron chi connectivity index (χ0n) is 9.93. The average molecular weight is 335 g/mol. The van der Waals surface area contributed by atoms with Gasteiger partial charge in [-0.3, -0.25) is 5.32 Å². The Kier molecular flexibility index (Phi) is 4.74. The zero-order chi connectivity index (χ0) is 13.1. The van der Waals surface area contributed by atoms with Gasteiger partial charge in [-0.25, -0.2) is 4.21 Å². The molecule has 1 aromatic rings. The van der Waals surface area contributed by atoms with Crippen molar-refractivity contribution in [3.63, 3.8) is 0 Å². The van der Waals surface area contributed by atoms with Crippen molar-refractivity contribution in [2.24, 2.45) is 0 Å². The van der Waals surface area contributed by atoms with Crippen molar-refractivity contribution < 1.29 is 13.5 Å². The first-order valence-electron chi connectivity index (χ1n) is 5.55. The summed E-state index contributed by atoms with van der Waals surface area (Å²) in [6, 6.07) is 5.08. The summed E-state index contributed by atoms with van der Waals surface area (Å²) in [5.41, 5.74) is 0. The number of nitrogens with zero attached hydrogens (tertiary/aromatic N) is 1. The molecule has 7 heteroatoms. The van der Waals surface area contributed by atoms with Crippen LogP contribution in [0.25, 0.3) is 0 Å². The average Bonchev–Trinajstić information content (AvgIpc) is 2.31. The Bertz CT molecular complexity index is 458. The highest BCUT2D eigenvalue weighted by Gasteiger charge is 2.20. The van der Waals surface area contributed by atoms with Crippen LogP contribution < -0.4 is 10.1 Å². The number of halogens is 1. The first-order chi connectivity index (χ1) is 8.56. The van der Waals surface area contributed by atoms with Gasteiger partial charge in [-0.1, -0.05) is 15.9 Å². The summed E-state index contributed by atoms with van der Waals surface area (Å²) < 4.78 is 27.0. The molecular weight excluding hydrogens is 320 g/mol. The molecule has 1 aliphatic heterocycles. The van der Waals surface area contributed by atoms with Crippen LogP contribution in [0.2, 0.25) is 0 Å². The molecule has 1 heterocycles. The minimum atomic E-state index is -2.06. The maximum absolute atomic E-state index is 11.3. The van der Waals surface area contributed by atoms with Gasteiger partial charge in [-0.2, -0.15) is 0 Å². The van der Waals surface area contributed by atoms with Gasteiger partial charge in [0, 0.05) is 24.1 Å². The molecule has 18 heavy (non-hydrogen) atoms. The van der Waals surface area contributed by atoms with Crippen LogP contribution in [0.5, 0.6) is 5.75 Å². The van der Waals surface area contributed by atoms with Gasteiger partial charge in [0.25, 0.3) is 0 Å². The van der Waals surface area contributed by atoms with Crippen molar-refractivity contribution in [2.75, 3.05) is 26.7 Å². The van der Waals surface area contributed by atoms with Crippen LogP contribution in [0.3, 0.4) is 0 Å². The van der Waals surface area contributed by atoms with Crippen molar-refractivity contribution in [3.05, 3.63) is 22.7 Å². The first-order valence-corrected chi connectivity index (χ1v) is 7.45. The molecule has 0 aromatic heterocycles. The van der Waals surface area contributed by atoms with E-state index in [0.29, 0.717) is 5.75 Å². The van der Waals surface area contributed by atoms with E-state index < -0.39 is 11.1 Å². The lowest BCUT2D eigenvalue weighted by molar-refractivity contribution is 0.0844. The molecule has 0 saturated carbocycles. The summed E-state index contributed by atoms with van der Waals surface area (Å²) in [4.78, 5) is 2.43. The fraction of sp³-hybridized carbons (Fsp3) is 0.455. The fourth-order valence-corrected chi connectivity index (χ4v) is 2.83. The first kappa shape index (κ1) is 14.0. The molecule has 2 N–H and O–H groups in total. The molecule has 1 saturated heterocycles. The topological polar surface area (TPSA) is 61.8 Å². The molecule has 1 fully saturated rings. The molecule has 0 bridgehead atoms. The lowest BCUT2D eigenvalue weighted by Gasteiger charge is -2.31. The van der Waals surface area contributed by atoms with E-state index in [-0.39, 0.29) is 11.1 Å². The third kappa shape index (κ3) is 3.52. The van der Waals surface area contributed by atoms with E-state index in [1.165, 1.54) is 0 Å². The highest BCUT2D eigenvalue weighted by Crippen LogP contribution is 2.26. The zero-order valence-corrected chi connectivity index (χ0v) is 12.3. The Morgan fingerprint density at radius 1 is 1.61 bits per heavy atom. The molecule has 100 valence electrons. The predicted octanol–water partition coefficient (Wildman–Crippen LogP) is 1.27. The lowest BCUT2D eigenvalue weighted by Crippen LogP contribution is -2.51. The number of rotatable bonds is 3. The van der Waals surface area contributed by atoms with E-state index in [9.17, 15) is 8.76 Å². The third-order valence-electron chi connectivity index (χ3n) is 2.71. The van der Waals surface area contributed by atoms with E-state index in [1.54, 1.807) is 18.2 Å². The van der Waals surface area contributed by atoms with Crippen molar-refractivity contribution in [2.45, 2.75) is 11.1 Å². The van der Waals surface area contributed by atoms with E-state index in [4.69, 9.17) is 4.74 Å². The normalized spacial score (nSPS) is 22.7. The Labute approximate surface area is 117 Å². The SMILES string of the molecule is CN1CCNC(Oc2ccc(Br)cc2S(=O)O)C1. The number of hydrogen-bond donors (Lipinski definition) is 2. The quantitative estimate of drug-likeness (QED) is 0.815. The number of benzene rings is 1. The fourth-order valence-electron chi connectivity index (χ4n) is 1.80. The summed E-state index contributed by atoms with van der Waals surface area (Å²) in [5, 5.41) is 3.22. The van der Waals surface area contributed by atoms with E-state index in [0.717, 1.165) is 24.1 Å². The van der Waals surface area contributed by atoms with Crippen molar-refractivity contribution in [1.82, 2.24) is 10.2 Å². The summed E-state index contributed by atoms with van der Waals surface area (Å²) in [7, 11) is 2.02. The highest BCUT2D eigenvalue weighted by molar-refractivity contribution is 9.10. The van der Waals surface area contributed by atoms with Crippen LogP contribution in [0.4, 0.5) is 0 Å². The van der Waals surface area contributed by atoms with E-state index in [2.05, 4.69) is 26.1 Å². The van der Waals surface area contributed by atoms with Gasteiger partial charge in [-0.05, 0) is 25.2 Å². The maximum atomic E-state index is 11.3. The van der Waals surface area contributed by atoms with E-state index in [1.807, 2.05) is 7.05 Å². The van der Waals surface area contributed by atoms with Gasteiger partial charge >= 0.3 is 0 Å². The van der Waals surface area contributed by atoms with E-state index >= 15 is 0 Å². The maximum Gasteiger partial charge on any atom is 0.190 e. The molecule has 5 nitrogen and oxygen atoms in total. The summed E-state index contributed by atoms with van der Waals surface area (Å²) >= 11 is 1.21. The monoisotopic (exact) mass is 334 g/mol. The lowest BCUT2D eigenvalue weighted by atomic mass is 10.3. The number of hydrogen-bond acceptors (Lipinski definition) is 4. The Morgan fingerprint density at radius 2 is 2.39 bits per heavy atom. The third-order valence-corrected chi connectivity index (χ3v) is 3.89. The second-order valence-electron chi connectivity index (χ2n) is 4.16. The molecule has 0 radical (unpaired) electrons. The van der Waals surface area contributed by atoms with Crippen LogP contribution >= 0.6 is 15.9 Å². The van der Waals surface area contributed by atoms with Crippen molar-refractivity contribution in [1.29, 1.82) is 0 Å². The van der Waals surface area contributed by atoms with Crippen molar-refractivity contribution >= 4 is 27.0 Å². The Morgan fingerprint density at radius 3 is 3.06 bits per heavy atom. The smallest absolute Gasteiger partial charge is 0.190 e. The number of nitrogens with one attached hydrogen (secondary N) is 1. The minimum absolute atomic E-state index is 0.160. The van der Waals surface area contributed by atoms with Crippen LogP contribution in [-0.4, -0.2) is 46.6 Å². The van der Waals surface area contributed by atoms with Gasteiger partial charge in [0.2, 0.25) is 0 Å². The molecule has 0 amide bonds. The molecule has 2 unspecified atom stereocenters. The molecule has 2 rings (SSSR count). The summed E-state index contributed by atoms with van der Waals surface area (Å²) in [5.74, 6) is 0.437. The van der Waals surface area contributed by atoms with Gasteiger partial charge in [0.05, 0.1) is 0 Å². The number of ether oxygens (including phenoxy) is 1. The largest absolute Gasteiger partial charge is 0.473 e. The molecule has 2 atom stereocenters. The molecule has 0 spiro atoms. The molecule has 1 aliphatic rings. The number of piperazine rings is 1. The van der Waals surface area contributed by atoms with Gasteiger partial charge in [0.15, 0.2) is 17.3 Å². The van der Waals surface area contributed by atoms with Gasteiger partial charge in [0.1, 0.15) is 10.6 Å². The summed E-state index contributed by atoms with van der Waals surface area (Å²) in [6.07, 6.45) is -0.160. The predicted molar refractivity (Wildman–Crippen MR) is 73.1 cm³/mol. The number of likely N-dealkylation sites (N-methyl/N-ethyl adjacent to an activating group) is 1. The minimum Gasteiger partial charge on any atom is -0.473 e. The Balaban J connectivity index is 2.15. The summed E-state index contributed by atoms with van der Waals surface area (Å²) in [6.45, 7) is 2.56. The van der Waals surface area contributed by atoms with Gasteiger partial charge in [-0.15, -0.1) is 0 Å². The van der Waals surface area contributed by atoms with Gasteiger partial charge < -0.3 is 14.2 Å². The van der Waals surface area contributed by atoms with Crippen LogP contribution in [0.15, 0.2) is 27.6 Å². The van der Waals surface area contributed by atoms with Crippen LogP contribution in [0.1, 0.15) is 0 Å². The molecule has 0 aliphatic carbocycles. The molecule has 1 aromatic carbocycles. The molecular formula is C11H15BrN2O3S. The van der Waals surface area contributed by atoms with Crippen LogP contribution in [-0.2, 0) is 11.1 Å². The van der Waals surface area contributed by atoms with Crippen LogP contribution in [0, 0.1) is 0 Å². The Hall–Kier alpha value is -0.470. The second kappa shape index (κ2) is 6.12. The van der Waals surface area contributed by atoms with Crippen molar-refractivity contribution in [3.8, 4) is 5.75 Å².